The number of carbonyl (C=O) groups excluding carboxylic acids is 2. The smallest absolute Gasteiger partial charge is 0.192 e. The maximum atomic E-state index is 12.8. The van der Waals surface area contributed by atoms with Gasteiger partial charge in [-0.25, -0.2) is 0 Å². The lowest BCUT2D eigenvalue weighted by molar-refractivity contribution is -0.188. The Morgan fingerprint density at radius 1 is 1.44 bits per heavy atom. The molecule has 4 aliphatic rings. The third kappa shape index (κ3) is 2.21. The van der Waals surface area contributed by atoms with Crippen LogP contribution in [0.15, 0.2) is 23.8 Å². The molecule has 0 saturated heterocycles. The summed E-state index contributed by atoms with van der Waals surface area (Å²) < 4.78 is 48.1. The van der Waals surface area contributed by atoms with E-state index in [-0.39, 0.29) is 30.9 Å². The molecule has 2 saturated carbocycles. The number of rotatable bonds is 2. The van der Waals surface area contributed by atoms with Gasteiger partial charge in [0.25, 0.3) is 0 Å². The number of hydrogen-bond acceptors (Lipinski definition) is 6. The van der Waals surface area contributed by atoms with Gasteiger partial charge in [-0.05, 0) is 37.2 Å². The zero-order valence-corrected chi connectivity index (χ0v) is 15.2. The first kappa shape index (κ1) is 13.0. The largest absolute Gasteiger partial charge is 0.393 e. The van der Waals surface area contributed by atoms with E-state index >= 15 is 0 Å². The molecule has 0 radical (unpaired) electrons. The highest BCUT2D eigenvalue weighted by molar-refractivity contribution is 5.93. The molecule has 0 bridgehead atoms. The number of allylic oxidation sites excluding steroid dienone is 4. The van der Waals surface area contributed by atoms with Crippen molar-refractivity contribution >= 4 is 11.6 Å². The van der Waals surface area contributed by atoms with Crippen LogP contribution in [-0.4, -0.2) is 56.4 Å². The van der Waals surface area contributed by atoms with Gasteiger partial charge in [-0.3, -0.25) is 9.59 Å². The van der Waals surface area contributed by atoms with Crippen molar-refractivity contribution in [2.75, 3.05) is 6.56 Å². The van der Waals surface area contributed by atoms with Crippen LogP contribution in [0.4, 0.5) is 0 Å². The fourth-order valence-corrected chi connectivity index (χ4v) is 6.28. The van der Waals surface area contributed by atoms with Gasteiger partial charge in [-0.2, -0.15) is 0 Å². The summed E-state index contributed by atoms with van der Waals surface area (Å²) in [6.45, 7) is -0.421. The second kappa shape index (κ2) is 5.83. The minimum absolute atomic E-state index is 0.0934. The van der Waals surface area contributed by atoms with Crippen molar-refractivity contribution in [2.45, 2.75) is 57.3 Å². The molecule has 148 valence electrons. The average Bonchev–Trinajstić information content (AvgIpc) is 2.85. The van der Waals surface area contributed by atoms with E-state index in [4.69, 9.17) is 8.22 Å². The summed E-state index contributed by atoms with van der Waals surface area (Å²) in [5.41, 5.74) is -5.72. The van der Waals surface area contributed by atoms with E-state index < -0.39 is 76.9 Å². The standard InChI is InChI=1S/C21H28O6/c1-19-6-5-12(23)7-11(19)3-4-13-14-8-16(25)21(27,17(26)10-22)20(14,2)9-15(24)18(13)19/h3,5-6,13-16,18,22,24-25,27H,4,7-10H2,1-2H3/t13-,14-,15-,16+,18+,19-,20-,21-/m0/s1/i3D,5D,7D2,10D2. The van der Waals surface area contributed by atoms with Crippen LogP contribution in [0.25, 0.3) is 0 Å². The fourth-order valence-electron chi connectivity index (χ4n) is 6.28. The molecule has 0 aromatic rings. The summed E-state index contributed by atoms with van der Waals surface area (Å²) in [4.78, 5) is 25.1. The van der Waals surface area contributed by atoms with Gasteiger partial charge < -0.3 is 20.4 Å². The molecule has 0 aliphatic heterocycles. The van der Waals surface area contributed by atoms with Gasteiger partial charge in [0.2, 0.25) is 0 Å². The average molecular weight is 382 g/mol. The summed E-state index contributed by atoms with van der Waals surface area (Å²) in [7, 11) is 0. The molecule has 6 nitrogen and oxygen atoms in total. The highest BCUT2D eigenvalue weighted by Crippen LogP contribution is 2.66. The molecule has 0 spiro atoms. The number of hydrogen-bond donors (Lipinski definition) is 4. The monoisotopic (exact) mass is 382 g/mol. The van der Waals surface area contributed by atoms with Crippen molar-refractivity contribution in [3.8, 4) is 0 Å². The maximum absolute atomic E-state index is 12.8. The number of fused-ring (bicyclic) bond motifs is 5. The van der Waals surface area contributed by atoms with E-state index in [0.29, 0.717) is 0 Å². The van der Waals surface area contributed by atoms with Gasteiger partial charge in [-0.1, -0.05) is 31.5 Å². The molecule has 0 amide bonds. The minimum atomic E-state index is -3.43. The zero-order chi connectivity index (χ0) is 25.1. The van der Waals surface area contributed by atoms with E-state index in [2.05, 4.69) is 0 Å². The molecule has 6 heteroatoms. The Balaban J connectivity index is 1.89. The maximum Gasteiger partial charge on any atom is 0.192 e. The van der Waals surface area contributed by atoms with Crippen LogP contribution in [0.5, 0.6) is 0 Å². The predicted octanol–water partition coefficient (Wildman–Crippen LogP) is 0.528. The second-order valence-corrected chi connectivity index (χ2v) is 8.73. The molecule has 8 atom stereocenters. The summed E-state index contributed by atoms with van der Waals surface area (Å²) in [6.07, 6.45) is -4.90. The summed E-state index contributed by atoms with van der Waals surface area (Å²) in [5, 5.41) is 43.1. The SMILES string of the molecule is [2H]C1=C[C@@]2(C)C(=C([2H])C[C@@H]3[C@@H]2[C@@H](O)C[C@@]2(C)[C@H]3C[C@@H](O)[C@]2(O)C(=O)C([2H])([2H])O)C([2H])([2H])C1=O. The normalized spacial score (nSPS) is 57.6. The first-order chi connectivity index (χ1) is 14.8. The van der Waals surface area contributed by atoms with Gasteiger partial charge in [0.05, 0.1) is 17.7 Å². The second-order valence-electron chi connectivity index (χ2n) is 8.73. The number of ketones is 2. The van der Waals surface area contributed by atoms with Crippen LogP contribution in [0.3, 0.4) is 0 Å². The van der Waals surface area contributed by atoms with Crippen LogP contribution >= 0.6 is 0 Å². The van der Waals surface area contributed by atoms with Crippen molar-refractivity contribution in [3.05, 3.63) is 23.8 Å². The Labute approximate surface area is 167 Å². The Kier molecular flexibility index (Phi) is 2.80. The molecular weight excluding hydrogens is 348 g/mol. The van der Waals surface area contributed by atoms with E-state index in [1.54, 1.807) is 6.92 Å². The molecular formula is C21H28O6. The molecule has 4 N–H and O–H groups in total. The van der Waals surface area contributed by atoms with Gasteiger partial charge in [0.15, 0.2) is 17.2 Å². The van der Waals surface area contributed by atoms with E-state index in [1.807, 2.05) is 0 Å². The molecule has 0 heterocycles. The molecule has 2 fully saturated rings. The Hall–Kier alpha value is -1.34. The van der Waals surface area contributed by atoms with Gasteiger partial charge in [0.1, 0.15) is 6.56 Å². The van der Waals surface area contributed by atoms with Crippen molar-refractivity contribution in [2.24, 2.45) is 28.6 Å². The summed E-state index contributed by atoms with van der Waals surface area (Å²) in [5.74, 6) is -4.78. The topological polar surface area (TPSA) is 115 Å². The van der Waals surface area contributed by atoms with Crippen LogP contribution in [0, 0.1) is 28.6 Å². The first-order valence-electron chi connectivity index (χ1n) is 12.2. The van der Waals surface area contributed by atoms with Crippen LogP contribution in [0.1, 0.15) is 47.7 Å². The predicted molar refractivity (Wildman–Crippen MR) is 96.4 cm³/mol. The fraction of sp³-hybridized carbons (Fsp3) is 0.714. The van der Waals surface area contributed by atoms with Gasteiger partial charge in [0, 0.05) is 25.9 Å². The molecule has 4 aliphatic carbocycles. The third-order valence-electron chi connectivity index (χ3n) is 7.61. The third-order valence-corrected chi connectivity index (χ3v) is 7.61. The number of aliphatic hydroxyl groups is 4. The van der Waals surface area contributed by atoms with E-state index in [0.717, 1.165) is 0 Å². The van der Waals surface area contributed by atoms with Crippen molar-refractivity contribution in [1.82, 2.24) is 0 Å². The molecule has 27 heavy (non-hydrogen) atoms. The quantitative estimate of drug-likeness (QED) is 0.518. The molecule has 0 unspecified atom stereocenters. The molecule has 0 aromatic heterocycles. The van der Waals surface area contributed by atoms with E-state index in [1.165, 1.54) is 13.0 Å². The number of aliphatic hydroxyl groups excluding tert-OH is 2. The van der Waals surface area contributed by atoms with Gasteiger partial charge >= 0.3 is 0 Å². The van der Waals surface area contributed by atoms with E-state index in [9.17, 15) is 30.0 Å². The Bertz CT molecular complexity index is 1000. The van der Waals surface area contributed by atoms with Crippen LogP contribution < -0.4 is 0 Å². The van der Waals surface area contributed by atoms with Gasteiger partial charge in [-0.15, -0.1) is 0 Å². The Morgan fingerprint density at radius 3 is 2.81 bits per heavy atom. The van der Waals surface area contributed by atoms with Crippen molar-refractivity contribution in [1.29, 1.82) is 0 Å². The number of carbonyl (C=O) groups is 2. The highest BCUT2D eigenvalue weighted by atomic mass is 16.4. The van der Waals surface area contributed by atoms with Crippen molar-refractivity contribution < 1.29 is 38.2 Å². The first-order valence-corrected chi connectivity index (χ1v) is 9.16. The van der Waals surface area contributed by atoms with Crippen LogP contribution in [0.2, 0.25) is 0 Å². The summed E-state index contributed by atoms with van der Waals surface area (Å²) in [6, 6.07) is -0.738. The molecule has 4 rings (SSSR count). The lowest BCUT2D eigenvalue weighted by Gasteiger charge is -2.58. The lowest BCUT2D eigenvalue weighted by atomic mass is 9.47. The van der Waals surface area contributed by atoms with Crippen LogP contribution in [-0.2, 0) is 9.59 Å². The number of Topliss-reactive ketones (excluding diaryl/α,β-unsaturated/α-hetero) is 1. The minimum Gasteiger partial charge on any atom is -0.393 e. The van der Waals surface area contributed by atoms with Crippen molar-refractivity contribution in [3.63, 3.8) is 0 Å². The molecule has 0 aromatic carbocycles. The lowest BCUT2D eigenvalue weighted by Crippen LogP contribution is -2.63. The summed E-state index contributed by atoms with van der Waals surface area (Å²) >= 11 is 0. The highest BCUT2D eigenvalue weighted by Gasteiger charge is 2.71. The Morgan fingerprint density at radius 2 is 2.15 bits per heavy atom. The zero-order valence-electron chi connectivity index (χ0n) is 21.2.